The van der Waals surface area contributed by atoms with E-state index in [1.54, 1.807) is 0 Å². The Labute approximate surface area is 206 Å². The lowest BCUT2D eigenvalue weighted by Gasteiger charge is -2.30. The van der Waals surface area contributed by atoms with Crippen molar-refractivity contribution in [2.75, 3.05) is 6.61 Å². The minimum Gasteiger partial charge on any atom is -0.481 e. The number of amides is 2. The normalized spacial score (nSPS) is 17.0. The zero-order valence-electron chi connectivity index (χ0n) is 20.4. The molecule has 4 rings (SSSR count). The van der Waals surface area contributed by atoms with Gasteiger partial charge in [-0.05, 0) is 60.8 Å². The van der Waals surface area contributed by atoms with Gasteiger partial charge in [0.25, 0.3) is 0 Å². The second kappa shape index (κ2) is 10.5. The zero-order valence-corrected chi connectivity index (χ0v) is 20.4. The predicted molar refractivity (Wildman–Crippen MR) is 133 cm³/mol. The van der Waals surface area contributed by atoms with Crippen LogP contribution in [0.4, 0.5) is 4.79 Å². The van der Waals surface area contributed by atoms with Crippen LogP contribution in [0.5, 0.6) is 0 Å². The maximum atomic E-state index is 12.6. The largest absolute Gasteiger partial charge is 0.481 e. The van der Waals surface area contributed by atoms with Gasteiger partial charge in [0.1, 0.15) is 6.61 Å². The first kappa shape index (κ1) is 24.8. The molecule has 0 spiro atoms. The highest BCUT2D eigenvalue weighted by molar-refractivity contribution is 5.80. The van der Waals surface area contributed by atoms with E-state index in [-0.39, 0.29) is 43.2 Å². The van der Waals surface area contributed by atoms with Gasteiger partial charge in [-0.25, -0.2) is 4.79 Å². The first-order valence-electron chi connectivity index (χ1n) is 12.4. The summed E-state index contributed by atoms with van der Waals surface area (Å²) < 4.78 is 5.63. The van der Waals surface area contributed by atoms with Crippen LogP contribution in [-0.2, 0) is 14.3 Å². The summed E-state index contributed by atoms with van der Waals surface area (Å²) in [6.07, 6.45) is 2.62. The molecule has 0 bridgehead atoms. The van der Waals surface area contributed by atoms with Crippen LogP contribution in [0.25, 0.3) is 11.1 Å². The van der Waals surface area contributed by atoms with Gasteiger partial charge in [-0.3, -0.25) is 9.59 Å². The maximum absolute atomic E-state index is 12.6. The quantitative estimate of drug-likeness (QED) is 0.429. The molecule has 186 valence electrons. The van der Waals surface area contributed by atoms with Crippen molar-refractivity contribution in [3.63, 3.8) is 0 Å². The van der Waals surface area contributed by atoms with Gasteiger partial charge < -0.3 is 20.5 Å². The van der Waals surface area contributed by atoms with Crippen LogP contribution in [0.3, 0.4) is 0 Å². The summed E-state index contributed by atoms with van der Waals surface area (Å²) >= 11 is 0. The molecule has 0 radical (unpaired) electrons. The van der Waals surface area contributed by atoms with Crippen LogP contribution >= 0.6 is 0 Å². The van der Waals surface area contributed by atoms with Crippen molar-refractivity contribution in [3.8, 4) is 11.1 Å². The fourth-order valence-electron chi connectivity index (χ4n) is 5.20. The topological polar surface area (TPSA) is 105 Å². The van der Waals surface area contributed by atoms with Crippen molar-refractivity contribution in [2.45, 2.75) is 69.9 Å². The van der Waals surface area contributed by atoms with Gasteiger partial charge in [-0.15, -0.1) is 0 Å². The highest BCUT2D eigenvalue weighted by atomic mass is 16.5. The van der Waals surface area contributed by atoms with Crippen LogP contribution in [0.1, 0.15) is 69.4 Å². The lowest BCUT2D eigenvalue weighted by molar-refractivity contribution is -0.139. The summed E-state index contributed by atoms with van der Waals surface area (Å²) in [6.45, 7) is 4.00. The molecule has 35 heavy (non-hydrogen) atoms. The molecule has 0 aliphatic heterocycles. The molecule has 2 aromatic carbocycles. The number of nitrogens with one attached hydrogen (secondary N) is 2. The number of hydrogen-bond acceptors (Lipinski definition) is 4. The number of ether oxygens (including phenoxy) is 1. The zero-order chi connectivity index (χ0) is 25.0. The van der Waals surface area contributed by atoms with Crippen molar-refractivity contribution in [1.29, 1.82) is 0 Å². The van der Waals surface area contributed by atoms with Crippen molar-refractivity contribution in [3.05, 3.63) is 59.7 Å². The summed E-state index contributed by atoms with van der Waals surface area (Å²) in [6, 6.07) is 16.2. The molecule has 0 saturated heterocycles. The Kier molecular flexibility index (Phi) is 7.43. The smallest absolute Gasteiger partial charge is 0.407 e. The van der Waals surface area contributed by atoms with E-state index in [2.05, 4.69) is 34.9 Å². The monoisotopic (exact) mass is 478 g/mol. The van der Waals surface area contributed by atoms with Gasteiger partial charge in [0.2, 0.25) is 5.91 Å². The number of rotatable bonds is 11. The Morgan fingerprint density at radius 1 is 1.06 bits per heavy atom. The van der Waals surface area contributed by atoms with Crippen LogP contribution in [0.15, 0.2) is 48.5 Å². The number of aliphatic carboxylic acids is 1. The lowest BCUT2D eigenvalue weighted by atomic mass is 9.91. The first-order valence-corrected chi connectivity index (χ1v) is 12.4. The summed E-state index contributed by atoms with van der Waals surface area (Å²) in [5.41, 5.74) is 3.95. The fourth-order valence-corrected chi connectivity index (χ4v) is 5.20. The Morgan fingerprint density at radius 2 is 1.66 bits per heavy atom. The molecule has 2 unspecified atom stereocenters. The second-order valence-electron chi connectivity index (χ2n) is 9.92. The molecule has 1 fully saturated rings. The van der Waals surface area contributed by atoms with E-state index in [0.29, 0.717) is 12.8 Å². The summed E-state index contributed by atoms with van der Waals surface area (Å²) in [5.74, 6) is -0.895. The standard InChI is InChI=1S/C28H34N2O5/c1-3-19(14-15-25(31)30-28(2,16-26(32)33)18-12-13-18)29-27(34)35-17-24-22-10-6-4-8-20(22)21-9-5-7-11-23(21)24/h4-11,18-19,24H,3,12-17H2,1-2H3,(H,29,34)(H,30,31)(H,32,33). The third-order valence-electron chi connectivity index (χ3n) is 7.30. The van der Waals surface area contributed by atoms with Crippen molar-refractivity contribution >= 4 is 18.0 Å². The van der Waals surface area contributed by atoms with Gasteiger partial charge in [0.05, 0.1) is 12.0 Å². The van der Waals surface area contributed by atoms with Crippen molar-refractivity contribution in [2.24, 2.45) is 5.92 Å². The third-order valence-corrected chi connectivity index (χ3v) is 7.30. The van der Waals surface area contributed by atoms with E-state index in [1.165, 1.54) is 11.1 Å². The highest BCUT2D eigenvalue weighted by Crippen LogP contribution is 2.44. The first-order chi connectivity index (χ1) is 16.8. The Hall–Kier alpha value is -3.35. The number of fused-ring (bicyclic) bond motifs is 3. The van der Waals surface area contributed by atoms with Crippen LogP contribution in [0.2, 0.25) is 0 Å². The fraction of sp³-hybridized carbons (Fsp3) is 0.464. The molecule has 2 aromatic rings. The SMILES string of the molecule is CCC(CCC(=O)NC(C)(CC(=O)O)C1CC1)NC(=O)OCC1c2ccccc2-c2ccccc21. The molecule has 2 amide bonds. The Balaban J connectivity index is 1.28. The number of carboxylic acid groups (broad SMARTS) is 1. The number of alkyl carbamates (subject to hydrolysis) is 1. The summed E-state index contributed by atoms with van der Waals surface area (Å²) in [5, 5.41) is 15.0. The number of carbonyl (C=O) groups excluding carboxylic acids is 2. The molecule has 3 N–H and O–H groups in total. The summed E-state index contributed by atoms with van der Waals surface area (Å²) in [4.78, 5) is 36.4. The molecule has 7 heteroatoms. The van der Waals surface area contributed by atoms with Crippen molar-refractivity contribution in [1.82, 2.24) is 10.6 Å². The minimum absolute atomic E-state index is 0.00617. The van der Waals surface area contributed by atoms with E-state index in [1.807, 2.05) is 38.1 Å². The molecule has 1 saturated carbocycles. The van der Waals surface area contributed by atoms with E-state index in [9.17, 15) is 19.5 Å². The van der Waals surface area contributed by atoms with Crippen LogP contribution < -0.4 is 10.6 Å². The molecule has 7 nitrogen and oxygen atoms in total. The molecular formula is C28H34N2O5. The molecule has 2 aliphatic carbocycles. The van der Waals surface area contributed by atoms with E-state index < -0.39 is 17.6 Å². The van der Waals surface area contributed by atoms with Gasteiger partial charge in [-0.1, -0.05) is 55.5 Å². The number of carboxylic acids is 1. The van der Waals surface area contributed by atoms with Crippen LogP contribution in [0, 0.1) is 5.92 Å². The van der Waals surface area contributed by atoms with Gasteiger partial charge in [-0.2, -0.15) is 0 Å². The van der Waals surface area contributed by atoms with Gasteiger partial charge in [0.15, 0.2) is 0 Å². The third kappa shape index (κ3) is 5.84. The number of carbonyl (C=O) groups is 3. The van der Waals surface area contributed by atoms with Crippen LogP contribution in [-0.4, -0.2) is 41.3 Å². The van der Waals surface area contributed by atoms with E-state index in [0.717, 1.165) is 24.0 Å². The number of benzene rings is 2. The molecule has 0 heterocycles. The second-order valence-corrected chi connectivity index (χ2v) is 9.92. The highest BCUT2D eigenvalue weighted by Gasteiger charge is 2.44. The molecule has 0 aromatic heterocycles. The Bertz CT molecular complexity index is 1050. The molecular weight excluding hydrogens is 444 g/mol. The van der Waals surface area contributed by atoms with E-state index >= 15 is 0 Å². The average molecular weight is 479 g/mol. The predicted octanol–water partition coefficient (Wildman–Crippen LogP) is 4.84. The maximum Gasteiger partial charge on any atom is 0.407 e. The van der Waals surface area contributed by atoms with Gasteiger partial charge >= 0.3 is 12.1 Å². The number of hydrogen-bond donors (Lipinski definition) is 3. The minimum atomic E-state index is -0.914. The molecule has 2 aliphatic rings. The summed E-state index contributed by atoms with van der Waals surface area (Å²) in [7, 11) is 0. The van der Waals surface area contributed by atoms with Crippen molar-refractivity contribution < 1.29 is 24.2 Å². The van der Waals surface area contributed by atoms with E-state index in [4.69, 9.17) is 4.74 Å². The average Bonchev–Trinajstić information content (AvgIpc) is 3.64. The lowest BCUT2D eigenvalue weighted by Crippen LogP contribution is -2.49. The molecule has 2 atom stereocenters. The van der Waals surface area contributed by atoms with Gasteiger partial charge in [0, 0.05) is 18.4 Å². The Morgan fingerprint density at radius 3 is 2.20 bits per heavy atom.